The van der Waals surface area contributed by atoms with Crippen LogP contribution in [0.5, 0.6) is 5.75 Å². The Balaban J connectivity index is 2.17. The molecule has 1 atom stereocenters. The van der Waals surface area contributed by atoms with E-state index in [1.165, 1.54) is 0 Å². The van der Waals surface area contributed by atoms with Crippen molar-refractivity contribution in [2.75, 3.05) is 27.7 Å². The van der Waals surface area contributed by atoms with Crippen molar-refractivity contribution >= 4 is 28.5 Å². The van der Waals surface area contributed by atoms with E-state index >= 15 is 0 Å². The third kappa shape index (κ3) is 4.27. The van der Waals surface area contributed by atoms with Crippen LogP contribution in [0.3, 0.4) is 0 Å². The maximum absolute atomic E-state index is 12.6. The summed E-state index contributed by atoms with van der Waals surface area (Å²) in [6.45, 7) is 2.52. The summed E-state index contributed by atoms with van der Waals surface area (Å²) < 4.78 is 6.45. The van der Waals surface area contributed by atoms with Gasteiger partial charge < -0.3 is 15.0 Å². The number of hydrogen-bond donors (Lipinski definition) is 1. The molecule has 1 unspecified atom stereocenters. The van der Waals surface area contributed by atoms with Gasteiger partial charge in [-0.05, 0) is 61.3 Å². The quantitative estimate of drug-likeness (QED) is 0.701. The summed E-state index contributed by atoms with van der Waals surface area (Å²) in [4.78, 5) is 14.6. The second kappa shape index (κ2) is 8.48. The molecule has 0 aliphatic rings. The number of nitrogens with one attached hydrogen (secondary N) is 1. The monoisotopic (exact) mass is 438 g/mol. The van der Waals surface area contributed by atoms with Crippen LogP contribution in [0.4, 0.5) is 0 Å². The number of rotatable bonds is 6. The lowest BCUT2D eigenvalue weighted by molar-refractivity contribution is 0.0940. The zero-order valence-corrected chi connectivity index (χ0v) is 16.6. The van der Waals surface area contributed by atoms with Crippen molar-refractivity contribution in [2.24, 2.45) is 0 Å². The lowest BCUT2D eigenvalue weighted by atomic mass is 10.0. The number of carbonyl (C=O) groups is 1. The molecule has 0 spiro atoms. The Morgan fingerprint density at radius 1 is 1.21 bits per heavy atom. The SMILES string of the molecule is COc1ccccc1C(CNC(=O)c1cccc(C)c1I)N(C)C. The number of hydrogen-bond acceptors (Lipinski definition) is 3. The molecule has 4 nitrogen and oxygen atoms in total. The molecular formula is C19H23IN2O2. The topological polar surface area (TPSA) is 41.6 Å². The lowest BCUT2D eigenvalue weighted by Gasteiger charge is -2.26. The molecule has 2 aromatic rings. The number of likely N-dealkylation sites (N-methyl/N-ethyl adjacent to an activating group) is 1. The van der Waals surface area contributed by atoms with Crippen molar-refractivity contribution in [1.29, 1.82) is 0 Å². The van der Waals surface area contributed by atoms with Crippen LogP contribution < -0.4 is 10.1 Å². The zero-order valence-electron chi connectivity index (χ0n) is 14.5. The first-order chi connectivity index (χ1) is 11.5. The number of benzene rings is 2. The molecule has 0 aromatic heterocycles. The molecule has 1 N–H and O–H groups in total. The van der Waals surface area contributed by atoms with E-state index in [0.29, 0.717) is 12.1 Å². The van der Waals surface area contributed by atoms with Crippen molar-refractivity contribution in [3.63, 3.8) is 0 Å². The van der Waals surface area contributed by atoms with Gasteiger partial charge in [0.05, 0.1) is 18.7 Å². The summed E-state index contributed by atoms with van der Waals surface area (Å²) in [5, 5.41) is 3.06. The van der Waals surface area contributed by atoms with Gasteiger partial charge in [-0.1, -0.05) is 30.3 Å². The fourth-order valence-electron chi connectivity index (χ4n) is 2.62. The molecule has 0 radical (unpaired) electrons. The fourth-order valence-corrected chi connectivity index (χ4v) is 3.22. The standard InChI is InChI=1S/C19H23IN2O2/c1-13-8-7-10-15(18(13)20)19(23)21-12-16(22(2)3)14-9-5-6-11-17(14)24-4/h5-11,16H,12H2,1-4H3,(H,21,23). The summed E-state index contributed by atoms with van der Waals surface area (Å²) in [5.74, 6) is 0.778. The smallest absolute Gasteiger partial charge is 0.252 e. The lowest BCUT2D eigenvalue weighted by Crippen LogP contribution is -2.35. The number of methoxy groups -OCH3 is 1. The van der Waals surface area contributed by atoms with Crippen LogP contribution in [0.15, 0.2) is 42.5 Å². The first-order valence-corrected chi connectivity index (χ1v) is 8.86. The fraction of sp³-hybridized carbons (Fsp3) is 0.316. The Labute approximate surface area is 157 Å². The molecule has 1 amide bonds. The minimum Gasteiger partial charge on any atom is -0.496 e. The van der Waals surface area contributed by atoms with Gasteiger partial charge in [0.15, 0.2) is 0 Å². The van der Waals surface area contributed by atoms with Gasteiger partial charge in [-0.2, -0.15) is 0 Å². The molecule has 2 aromatic carbocycles. The van der Waals surface area contributed by atoms with Crippen LogP contribution in [-0.2, 0) is 0 Å². The van der Waals surface area contributed by atoms with Crippen LogP contribution in [0.2, 0.25) is 0 Å². The highest BCUT2D eigenvalue weighted by molar-refractivity contribution is 14.1. The van der Waals surface area contributed by atoms with Gasteiger partial charge in [0.25, 0.3) is 5.91 Å². The average Bonchev–Trinajstić information content (AvgIpc) is 2.57. The molecule has 0 saturated heterocycles. The number of nitrogens with zero attached hydrogens (tertiary/aromatic N) is 1. The van der Waals surface area contributed by atoms with Gasteiger partial charge in [-0.3, -0.25) is 4.79 Å². The van der Waals surface area contributed by atoms with E-state index in [9.17, 15) is 4.79 Å². The van der Waals surface area contributed by atoms with Crippen molar-refractivity contribution < 1.29 is 9.53 Å². The highest BCUT2D eigenvalue weighted by Gasteiger charge is 2.20. The second-order valence-electron chi connectivity index (χ2n) is 5.87. The normalized spacial score (nSPS) is 12.1. The summed E-state index contributed by atoms with van der Waals surface area (Å²) in [5.41, 5.74) is 2.88. The number of para-hydroxylation sites is 1. The summed E-state index contributed by atoms with van der Waals surface area (Å²) >= 11 is 2.22. The molecule has 5 heteroatoms. The van der Waals surface area contributed by atoms with E-state index in [2.05, 4.69) is 32.8 Å². The Hall–Kier alpha value is -1.60. The van der Waals surface area contributed by atoms with Crippen molar-refractivity contribution in [3.8, 4) is 5.75 Å². The van der Waals surface area contributed by atoms with E-state index in [1.807, 2.05) is 63.5 Å². The maximum atomic E-state index is 12.6. The Morgan fingerprint density at radius 2 is 1.92 bits per heavy atom. The molecular weight excluding hydrogens is 415 g/mol. The molecule has 0 bridgehead atoms. The van der Waals surface area contributed by atoms with Crippen molar-refractivity contribution in [1.82, 2.24) is 10.2 Å². The second-order valence-corrected chi connectivity index (χ2v) is 6.95. The predicted octanol–water partition coefficient (Wildman–Crippen LogP) is 3.64. The predicted molar refractivity (Wildman–Crippen MR) is 106 cm³/mol. The third-order valence-corrected chi connectivity index (χ3v) is 5.45. The Kier molecular flexibility index (Phi) is 6.62. The van der Waals surface area contributed by atoms with Crippen LogP contribution in [0.1, 0.15) is 27.5 Å². The van der Waals surface area contributed by atoms with Gasteiger partial charge in [-0.15, -0.1) is 0 Å². The number of amides is 1. The average molecular weight is 438 g/mol. The zero-order chi connectivity index (χ0) is 17.7. The Morgan fingerprint density at radius 3 is 2.58 bits per heavy atom. The first-order valence-electron chi connectivity index (χ1n) is 7.78. The van der Waals surface area contributed by atoms with Crippen LogP contribution in [-0.4, -0.2) is 38.6 Å². The number of carbonyl (C=O) groups excluding carboxylic acids is 1. The molecule has 0 aliphatic heterocycles. The molecule has 0 saturated carbocycles. The highest BCUT2D eigenvalue weighted by Crippen LogP contribution is 2.27. The van der Waals surface area contributed by atoms with Crippen LogP contribution in [0, 0.1) is 10.5 Å². The summed E-state index contributed by atoms with van der Waals surface area (Å²) in [6, 6.07) is 13.7. The molecule has 24 heavy (non-hydrogen) atoms. The van der Waals surface area contributed by atoms with E-state index in [-0.39, 0.29) is 11.9 Å². The molecule has 128 valence electrons. The van der Waals surface area contributed by atoms with E-state index < -0.39 is 0 Å². The van der Waals surface area contributed by atoms with Gasteiger partial charge in [-0.25, -0.2) is 0 Å². The van der Waals surface area contributed by atoms with E-state index in [1.54, 1.807) is 7.11 Å². The minimum absolute atomic E-state index is 0.0348. The van der Waals surface area contributed by atoms with Gasteiger partial charge in [0.1, 0.15) is 5.75 Å². The molecule has 0 heterocycles. The summed E-state index contributed by atoms with van der Waals surface area (Å²) in [6.07, 6.45) is 0. The van der Waals surface area contributed by atoms with Gasteiger partial charge in [0.2, 0.25) is 0 Å². The highest BCUT2D eigenvalue weighted by atomic mass is 127. The molecule has 2 rings (SSSR count). The van der Waals surface area contributed by atoms with Crippen molar-refractivity contribution in [2.45, 2.75) is 13.0 Å². The minimum atomic E-state index is -0.0511. The largest absolute Gasteiger partial charge is 0.496 e. The van der Waals surface area contributed by atoms with E-state index in [4.69, 9.17) is 4.74 Å². The number of ether oxygens (including phenoxy) is 1. The van der Waals surface area contributed by atoms with Crippen molar-refractivity contribution in [3.05, 3.63) is 62.7 Å². The number of halogens is 1. The maximum Gasteiger partial charge on any atom is 0.252 e. The van der Waals surface area contributed by atoms with Crippen LogP contribution >= 0.6 is 22.6 Å². The van der Waals surface area contributed by atoms with Gasteiger partial charge >= 0.3 is 0 Å². The van der Waals surface area contributed by atoms with Crippen LogP contribution in [0.25, 0.3) is 0 Å². The summed E-state index contributed by atoms with van der Waals surface area (Å²) in [7, 11) is 5.67. The molecule has 0 aliphatic carbocycles. The Bertz CT molecular complexity index is 716. The first kappa shape index (κ1) is 18.7. The van der Waals surface area contributed by atoms with E-state index in [0.717, 1.165) is 20.4 Å². The van der Waals surface area contributed by atoms with Gasteiger partial charge in [0, 0.05) is 15.7 Å². The third-order valence-electron chi connectivity index (χ3n) is 4.01. The number of aryl methyl sites for hydroxylation is 1. The molecule has 0 fully saturated rings.